The van der Waals surface area contributed by atoms with E-state index in [4.69, 9.17) is 19.8 Å². The van der Waals surface area contributed by atoms with E-state index >= 15 is 0 Å². The predicted molar refractivity (Wildman–Crippen MR) is 179 cm³/mol. The van der Waals surface area contributed by atoms with Gasteiger partial charge in [0.2, 0.25) is 0 Å². The van der Waals surface area contributed by atoms with Crippen molar-refractivity contribution in [1.82, 2.24) is 0 Å². The maximum Gasteiger partial charge on any atom is 2.00 e. The third-order valence-electron chi connectivity index (χ3n) is 6.41. The van der Waals surface area contributed by atoms with Crippen LogP contribution in [0.4, 0.5) is 11.4 Å². The molecule has 0 bridgehead atoms. The van der Waals surface area contributed by atoms with Gasteiger partial charge in [-0.15, -0.1) is 0 Å². The topological polar surface area (TPSA) is 145 Å². The number of hydrogen-bond donors (Lipinski definition) is 2. The van der Waals surface area contributed by atoms with Gasteiger partial charge >= 0.3 is 16.8 Å². The number of nitrogens with zero attached hydrogens (tertiary/aromatic N) is 2. The second kappa shape index (κ2) is 18.5. The summed E-state index contributed by atoms with van der Waals surface area (Å²) in [4.78, 5) is 27.0. The smallest absolute Gasteiger partial charge is 0.550 e. The molecule has 0 saturated carbocycles. The molecule has 0 aliphatic rings. The molecule has 0 atom stereocenters. The molecule has 0 unspecified atom stereocenters. The number of rotatable bonds is 6. The summed E-state index contributed by atoms with van der Waals surface area (Å²) >= 11 is 0. The summed E-state index contributed by atoms with van der Waals surface area (Å²) in [7, 11) is 0. The van der Waals surface area contributed by atoms with Crippen LogP contribution in [0.5, 0.6) is 11.5 Å². The molecule has 2 N–H and O–H groups in total. The van der Waals surface area contributed by atoms with Gasteiger partial charge in [-0.2, -0.15) is 0 Å². The van der Waals surface area contributed by atoms with Gasteiger partial charge in [-0.3, -0.25) is 9.98 Å². The van der Waals surface area contributed by atoms with E-state index < -0.39 is 11.9 Å². The van der Waals surface area contributed by atoms with Crippen LogP contribution in [0.3, 0.4) is 0 Å². The molecule has 241 valence electrons. The maximum atomic E-state index is 10.6. The number of aromatic hydroxyl groups is 2. The Kier molecular flexibility index (Phi) is 14.8. The second-order valence-electron chi connectivity index (χ2n) is 10.2. The van der Waals surface area contributed by atoms with Gasteiger partial charge in [-0.05, 0) is 104 Å². The zero-order valence-electron chi connectivity index (χ0n) is 26.3. The van der Waals surface area contributed by atoms with Crippen LogP contribution in [0.25, 0.3) is 22.3 Å². The molecular formula is C38H34CoN2O6. The Morgan fingerprint density at radius 2 is 0.894 bits per heavy atom. The van der Waals surface area contributed by atoms with Gasteiger partial charge in [-0.1, -0.05) is 66.7 Å². The molecular weight excluding hydrogens is 639 g/mol. The van der Waals surface area contributed by atoms with E-state index in [-0.39, 0.29) is 28.3 Å². The van der Waals surface area contributed by atoms with Crippen molar-refractivity contribution in [3.63, 3.8) is 0 Å². The normalized spacial score (nSPS) is 10.3. The third-order valence-corrected chi connectivity index (χ3v) is 6.41. The predicted octanol–water partition coefficient (Wildman–Crippen LogP) is 6.06. The van der Waals surface area contributed by atoms with Crippen molar-refractivity contribution in [3.8, 4) is 33.8 Å². The average Bonchev–Trinajstić information content (AvgIpc) is 3.03. The molecule has 0 aromatic heterocycles. The van der Waals surface area contributed by atoms with Crippen molar-refractivity contribution in [2.45, 2.75) is 27.7 Å². The Bertz CT molecular complexity index is 1720. The molecule has 0 amide bonds. The summed E-state index contributed by atoms with van der Waals surface area (Å²) in [6, 6.07) is 35.5. The molecule has 1 radical (unpaired) electrons. The molecule has 0 spiro atoms. The van der Waals surface area contributed by atoms with Gasteiger partial charge in [0.25, 0.3) is 0 Å². The largest absolute Gasteiger partial charge is 2.00 e. The van der Waals surface area contributed by atoms with Gasteiger partial charge in [0.05, 0.1) is 11.4 Å². The maximum absolute atomic E-state index is 10.6. The first kappa shape index (κ1) is 37.7. The molecule has 5 rings (SSSR count). The molecule has 0 heterocycles. The number of carbonyl (C=O) groups excluding carboxylic acids is 2. The van der Waals surface area contributed by atoms with Crippen molar-refractivity contribution in [2.24, 2.45) is 9.98 Å². The average molecular weight is 674 g/mol. The van der Waals surface area contributed by atoms with Crippen LogP contribution < -0.4 is 10.2 Å². The summed E-state index contributed by atoms with van der Waals surface area (Å²) in [5.74, 6) is -1.74. The van der Waals surface area contributed by atoms with Crippen LogP contribution in [0.1, 0.15) is 36.1 Å². The summed E-state index contributed by atoms with van der Waals surface area (Å²) in [5, 5.41) is 39.0. The number of carbonyl (C=O) groups is 2. The summed E-state index contributed by atoms with van der Waals surface area (Å²) < 4.78 is 0. The molecule has 8 nitrogen and oxygen atoms in total. The Morgan fingerprint density at radius 3 is 1.23 bits per heavy atom. The first-order valence-corrected chi connectivity index (χ1v) is 14.3. The molecule has 9 heteroatoms. The van der Waals surface area contributed by atoms with Gasteiger partial charge in [0.15, 0.2) is 0 Å². The quantitative estimate of drug-likeness (QED) is 0.210. The number of aliphatic carboxylic acids is 2. The monoisotopic (exact) mass is 673 g/mol. The van der Waals surface area contributed by atoms with E-state index in [1.54, 1.807) is 12.4 Å². The van der Waals surface area contributed by atoms with Crippen molar-refractivity contribution in [2.75, 3.05) is 0 Å². The zero-order chi connectivity index (χ0) is 33.6. The first-order valence-electron chi connectivity index (χ1n) is 14.3. The number of hydrogen-bond acceptors (Lipinski definition) is 8. The summed E-state index contributed by atoms with van der Waals surface area (Å²) in [6.07, 6.45) is 3.35. The van der Waals surface area contributed by atoms with Crippen molar-refractivity contribution >= 4 is 35.7 Å². The minimum Gasteiger partial charge on any atom is -0.550 e. The first-order chi connectivity index (χ1) is 21.9. The second-order valence-corrected chi connectivity index (χ2v) is 10.2. The Balaban J connectivity index is 0.000000769. The van der Waals surface area contributed by atoms with E-state index in [0.717, 1.165) is 47.2 Å². The van der Waals surface area contributed by atoms with E-state index in [2.05, 4.69) is 9.98 Å². The molecule has 0 fully saturated rings. The number of carboxylic acid groups (broad SMARTS) is 2. The molecule has 5 aromatic carbocycles. The van der Waals surface area contributed by atoms with Crippen molar-refractivity contribution < 1.29 is 46.8 Å². The van der Waals surface area contributed by atoms with E-state index in [9.17, 15) is 10.2 Å². The number of phenols is 2. The number of benzene rings is 5. The van der Waals surface area contributed by atoms with Crippen LogP contribution in [-0.2, 0) is 26.4 Å². The number of aryl methyl sites for hydroxylation is 2. The fraction of sp³-hybridized carbons (Fsp3) is 0.105. The summed E-state index contributed by atoms with van der Waals surface area (Å²) in [6.45, 7) is 5.72. The van der Waals surface area contributed by atoms with Crippen molar-refractivity contribution in [1.29, 1.82) is 0 Å². The van der Waals surface area contributed by atoms with Crippen molar-refractivity contribution in [3.05, 3.63) is 131 Å². The number of phenolic OH excluding ortho intramolecular Hbond substituents is 2. The van der Waals surface area contributed by atoms with E-state index in [1.807, 2.05) is 123 Å². The van der Waals surface area contributed by atoms with Gasteiger partial charge in [0, 0.05) is 35.5 Å². The standard InChI is InChI=1S/C34H28N2O2.2C2H4O2.Co/c1-23-16-27(25-10-5-3-6-11-25)18-29(33(23)37)21-35-31-14-9-15-32(20-31)36-22-30-19-28(17-24(2)34(30)38)26-12-7-4-8-13-26;2*1-2(3)4;/h3-22,37-38H,1-2H3;2*1H3,(H,3,4);/q;;;+2/p-2. The molecule has 47 heavy (non-hydrogen) atoms. The summed E-state index contributed by atoms with van der Waals surface area (Å²) in [5.41, 5.74) is 8.50. The third kappa shape index (κ3) is 12.1. The fourth-order valence-corrected chi connectivity index (χ4v) is 4.35. The number of aliphatic imine (C=N–C) groups is 2. The number of carboxylic acids is 2. The van der Waals surface area contributed by atoms with Crippen LogP contribution in [0.15, 0.2) is 119 Å². The minimum atomic E-state index is -1.08. The Labute approximate surface area is 284 Å². The molecule has 5 aromatic rings. The van der Waals surface area contributed by atoms with Crippen LogP contribution in [-0.4, -0.2) is 34.6 Å². The van der Waals surface area contributed by atoms with Gasteiger partial charge in [-0.25, -0.2) is 0 Å². The Morgan fingerprint density at radius 1 is 0.553 bits per heavy atom. The van der Waals surface area contributed by atoms with Crippen LogP contribution in [0.2, 0.25) is 0 Å². The molecule has 0 aliphatic carbocycles. The molecule has 0 saturated heterocycles. The van der Waals surface area contributed by atoms with Crippen LogP contribution >= 0.6 is 0 Å². The van der Waals surface area contributed by atoms with Gasteiger partial charge < -0.3 is 30.0 Å². The zero-order valence-corrected chi connectivity index (χ0v) is 27.3. The van der Waals surface area contributed by atoms with E-state index in [1.165, 1.54) is 0 Å². The van der Waals surface area contributed by atoms with E-state index in [0.29, 0.717) is 22.5 Å². The fourth-order valence-electron chi connectivity index (χ4n) is 4.35. The van der Waals surface area contributed by atoms with Crippen LogP contribution in [0, 0.1) is 13.8 Å². The minimum absolute atomic E-state index is 0. The molecule has 0 aliphatic heterocycles. The SMILES string of the molecule is CC(=O)[O-].CC(=O)[O-].Cc1cc(-c2ccccc2)cc(C=Nc2cccc(N=Cc3cc(-c4ccccc4)cc(C)c3O)c2)c1O.[Co+2]. The Hall–Kier alpha value is -5.51. The van der Waals surface area contributed by atoms with Gasteiger partial charge in [0.1, 0.15) is 11.5 Å².